The fourth-order valence-corrected chi connectivity index (χ4v) is 1.24. The summed E-state index contributed by atoms with van der Waals surface area (Å²) >= 11 is 0. The molecule has 0 saturated heterocycles. The molecule has 5 nitrogen and oxygen atoms in total. The molecule has 0 atom stereocenters. The SMILES string of the molecule is CC(=O)c1cnc2ncnn2c1C. The standard InChI is InChI=1S/C8H8N4O/c1-5-7(6(2)13)3-9-8-10-4-11-12(5)8/h3-4H,1-2H3. The highest BCUT2D eigenvalue weighted by molar-refractivity contribution is 5.94. The number of carbonyl (C=O) groups is 1. The normalized spacial score (nSPS) is 10.6. The highest BCUT2D eigenvalue weighted by Gasteiger charge is 2.08. The molecule has 66 valence electrons. The number of rotatable bonds is 1. The van der Waals surface area contributed by atoms with E-state index in [1.165, 1.54) is 19.4 Å². The van der Waals surface area contributed by atoms with Gasteiger partial charge >= 0.3 is 0 Å². The van der Waals surface area contributed by atoms with E-state index < -0.39 is 0 Å². The lowest BCUT2D eigenvalue weighted by Crippen LogP contribution is -2.05. The van der Waals surface area contributed by atoms with Crippen molar-refractivity contribution >= 4 is 11.6 Å². The van der Waals surface area contributed by atoms with Crippen LogP contribution in [0.5, 0.6) is 0 Å². The molecule has 2 heterocycles. The second-order valence-corrected chi connectivity index (χ2v) is 2.79. The smallest absolute Gasteiger partial charge is 0.252 e. The molecule has 0 fully saturated rings. The van der Waals surface area contributed by atoms with Gasteiger partial charge in [0.1, 0.15) is 6.33 Å². The average molecular weight is 176 g/mol. The monoisotopic (exact) mass is 176 g/mol. The minimum Gasteiger partial charge on any atom is -0.294 e. The van der Waals surface area contributed by atoms with Gasteiger partial charge < -0.3 is 0 Å². The largest absolute Gasteiger partial charge is 0.294 e. The average Bonchev–Trinajstić information content (AvgIpc) is 2.52. The van der Waals surface area contributed by atoms with Crippen LogP contribution in [0.15, 0.2) is 12.5 Å². The first-order valence-corrected chi connectivity index (χ1v) is 3.86. The highest BCUT2D eigenvalue weighted by Crippen LogP contribution is 2.07. The van der Waals surface area contributed by atoms with Gasteiger partial charge in [-0.15, -0.1) is 0 Å². The summed E-state index contributed by atoms with van der Waals surface area (Å²) in [5.41, 5.74) is 1.35. The van der Waals surface area contributed by atoms with Gasteiger partial charge in [-0.05, 0) is 13.8 Å². The van der Waals surface area contributed by atoms with Crippen molar-refractivity contribution in [2.45, 2.75) is 13.8 Å². The highest BCUT2D eigenvalue weighted by atomic mass is 16.1. The van der Waals surface area contributed by atoms with E-state index in [0.29, 0.717) is 11.3 Å². The lowest BCUT2D eigenvalue weighted by atomic mass is 10.2. The Balaban J connectivity index is 2.80. The second kappa shape index (κ2) is 2.62. The minimum atomic E-state index is -0.0117. The van der Waals surface area contributed by atoms with Crippen LogP contribution in [0, 0.1) is 6.92 Å². The van der Waals surface area contributed by atoms with Crippen LogP contribution in [0.3, 0.4) is 0 Å². The van der Waals surface area contributed by atoms with Gasteiger partial charge in [0.2, 0.25) is 0 Å². The maximum absolute atomic E-state index is 11.1. The summed E-state index contributed by atoms with van der Waals surface area (Å²) < 4.78 is 1.55. The molecule has 0 unspecified atom stereocenters. The van der Waals surface area contributed by atoms with Crippen LogP contribution < -0.4 is 0 Å². The zero-order valence-electron chi connectivity index (χ0n) is 7.35. The number of fused-ring (bicyclic) bond motifs is 1. The molecule has 0 aliphatic heterocycles. The topological polar surface area (TPSA) is 60.2 Å². The fourth-order valence-electron chi connectivity index (χ4n) is 1.24. The third kappa shape index (κ3) is 1.09. The third-order valence-corrected chi connectivity index (χ3v) is 1.93. The number of aryl methyl sites for hydroxylation is 1. The maximum Gasteiger partial charge on any atom is 0.252 e. The van der Waals surface area contributed by atoms with Gasteiger partial charge in [0.15, 0.2) is 5.78 Å². The lowest BCUT2D eigenvalue weighted by Gasteiger charge is -2.01. The molecule has 13 heavy (non-hydrogen) atoms. The maximum atomic E-state index is 11.1. The lowest BCUT2D eigenvalue weighted by molar-refractivity contribution is 0.101. The van der Waals surface area contributed by atoms with E-state index in [-0.39, 0.29) is 5.78 Å². The zero-order chi connectivity index (χ0) is 9.42. The van der Waals surface area contributed by atoms with Gasteiger partial charge in [-0.3, -0.25) is 4.79 Å². The van der Waals surface area contributed by atoms with Crippen molar-refractivity contribution in [3.05, 3.63) is 23.8 Å². The summed E-state index contributed by atoms with van der Waals surface area (Å²) in [4.78, 5) is 19.0. The van der Waals surface area contributed by atoms with Crippen LogP contribution in [0.4, 0.5) is 0 Å². The Bertz CT molecular complexity index is 474. The van der Waals surface area contributed by atoms with Crippen LogP contribution >= 0.6 is 0 Å². The molecule has 2 aromatic rings. The van der Waals surface area contributed by atoms with Crippen LogP contribution in [-0.4, -0.2) is 25.4 Å². The number of Topliss-reactive ketones (excluding diaryl/α,β-unsaturated/α-hetero) is 1. The number of hydrogen-bond acceptors (Lipinski definition) is 4. The van der Waals surface area contributed by atoms with Gasteiger partial charge in [0, 0.05) is 6.20 Å². The number of ketones is 1. The Hall–Kier alpha value is -1.78. The van der Waals surface area contributed by atoms with E-state index in [2.05, 4.69) is 15.1 Å². The van der Waals surface area contributed by atoms with Crippen molar-refractivity contribution in [2.24, 2.45) is 0 Å². The number of nitrogens with zero attached hydrogens (tertiary/aromatic N) is 4. The molecule has 2 aromatic heterocycles. The Morgan fingerprint density at radius 1 is 1.46 bits per heavy atom. The summed E-state index contributed by atoms with van der Waals surface area (Å²) in [5.74, 6) is 0.505. The summed E-state index contributed by atoms with van der Waals surface area (Å²) in [6, 6.07) is 0. The van der Waals surface area contributed by atoms with Crippen molar-refractivity contribution in [3.63, 3.8) is 0 Å². The van der Waals surface area contributed by atoms with Crippen molar-refractivity contribution in [3.8, 4) is 0 Å². The first-order valence-electron chi connectivity index (χ1n) is 3.86. The van der Waals surface area contributed by atoms with E-state index in [4.69, 9.17) is 0 Å². The Kier molecular flexibility index (Phi) is 1.58. The summed E-state index contributed by atoms with van der Waals surface area (Å²) in [5, 5.41) is 3.95. The molecule has 0 N–H and O–H groups in total. The molecule has 0 amide bonds. The van der Waals surface area contributed by atoms with E-state index in [0.717, 1.165) is 5.69 Å². The molecule has 0 aromatic carbocycles. The minimum absolute atomic E-state index is 0.0117. The van der Waals surface area contributed by atoms with Crippen molar-refractivity contribution < 1.29 is 4.79 Å². The van der Waals surface area contributed by atoms with Gasteiger partial charge in [0.25, 0.3) is 5.78 Å². The van der Waals surface area contributed by atoms with Gasteiger partial charge in [0.05, 0.1) is 11.3 Å². The van der Waals surface area contributed by atoms with Gasteiger partial charge in [-0.25, -0.2) is 9.50 Å². The molecule has 0 saturated carbocycles. The Morgan fingerprint density at radius 2 is 2.23 bits per heavy atom. The molecule has 0 radical (unpaired) electrons. The summed E-state index contributed by atoms with van der Waals surface area (Å²) in [7, 11) is 0. The van der Waals surface area contributed by atoms with E-state index >= 15 is 0 Å². The van der Waals surface area contributed by atoms with Crippen LogP contribution in [0.1, 0.15) is 23.0 Å². The van der Waals surface area contributed by atoms with E-state index in [1.807, 2.05) is 6.92 Å². The zero-order valence-corrected chi connectivity index (χ0v) is 7.35. The molecule has 0 aliphatic carbocycles. The van der Waals surface area contributed by atoms with Crippen LogP contribution in [-0.2, 0) is 0 Å². The number of aromatic nitrogens is 4. The van der Waals surface area contributed by atoms with Gasteiger partial charge in [-0.2, -0.15) is 10.1 Å². The van der Waals surface area contributed by atoms with Crippen molar-refractivity contribution in [1.29, 1.82) is 0 Å². The molecule has 0 bridgehead atoms. The van der Waals surface area contributed by atoms with Crippen molar-refractivity contribution in [2.75, 3.05) is 0 Å². The summed E-state index contributed by atoms with van der Waals surface area (Å²) in [6.07, 6.45) is 2.95. The fraction of sp³-hybridized carbons (Fsp3) is 0.250. The molecular weight excluding hydrogens is 168 g/mol. The van der Waals surface area contributed by atoms with Crippen LogP contribution in [0.2, 0.25) is 0 Å². The van der Waals surface area contributed by atoms with Gasteiger partial charge in [-0.1, -0.05) is 0 Å². The summed E-state index contributed by atoms with van der Waals surface area (Å²) in [6.45, 7) is 3.33. The Labute approximate surface area is 74.4 Å². The van der Waals surface area contributed by atoms with Crippen molar-refractivity contribution in [1.82, 2.24) is 19.6 Å². The predicted octanol–water partition coefficient (Wildman–Crippen LogP) is 0.635. The third-order valence-electron chi connectivity index (χ3n) is 1.93. The molecule has 0 aliphatic rings. The van der Waals surface area contributed by atoms with Crippen LogP contribution in [0.25, 0.3) is 5.78 Å². The Morgan fingerprint density at radius 3 is 2.92 bits per heavy atom. The molecule has 0 spiro atoms. The predicted molar refractivity (Wildman–Crippen MR) is 45.5 cm³/mol. The second-order valence-electron chi connectivity index (χ2n) is 2.79. The molecule has 2 rings (SSSR count). The molecule has 5 heteroatoms. The quantitative estimate of drug-likeness (QED) is 0.598. The van der Waals surface area contributed by atoms with E-state index in [9.17, 15) is 4.79 Å². The first kappa shape index (κ1) is 7.85. The number of carbonyl (C=O) groups excluding carboxylic acids is 1. The molecular formula is C8H8N4O. The van der Waals surface area contributed by atoms with E-state index in [1.54, 1.807) is 4.52 Å². The number of hydrogen-bond donors (Lipinski definition) is 0. The first-order chi connectivity index (χ1) is 6.20.